The fourth-order valence-corrected chi connectivity index (χ4v) is 5.81. The van der Waals surface area contributed by atoms with Gasteiger partial charge in [-0.15, -0.1) is 0 Å². The van der Waals surface area contributed by atoms with Crippen molar-refractivity contribution in [3.8, 4) is 0 Å². The first-order valence-electron chi connectivity index (χ1n) is 12.0. The number of carbonyl (C=O) groups is 1. The van der Waals surface area contributed by atoms with Crippen molar-refractivity contribution in [3.63, 3.8) is 0 Å². The molecule has 0 bridgehead atoms. The maximum Gasteiger partial charge on any atom is 0.225 e. The van der Waals surface area contributed by atoms with Gasteiger partial charge in [0.15, 0.2) is 0 Å². The number of nitrogens with one attached hydrogen (secondary N) is 1. The van der Waals surface area contributed by atoms with Crippen LogP contribution in [0.25, 0.3) is 0 Å². The molecule has 4 nitrogen and oxygen atoms in total. The molecule has 0 atom stereocenters. The van der Waals surface area contributed by atoms with Gasteiger partial charge < -0.3 is 15.1 Å². The normalized spacial score (nSPS) is 29.4. The van der Waals surface area contributed by atoms with Crippen LogP contribution in [-0.2, 0) is 4.79 Å². The molecule has 3 aliphatic rings. The van der Waals surface area contributed by atoms with Crippen LogP contribution < -0.4 is 5.32 Å². The van der Waals surface area contributed by atoms with E-state index >= 15 is 0 Å². The predicted molar refractivity (Wildman–Crippen MR) is 117 cm³/mol. The van der Waals surface area contributed by atoms with Crippen molar-refractivity contribution in [2.24, 2.45) is 17.3 Å². The van der Waals surface area contributed by atoms with E-state index in [1.807, 2.05) is 0 Å². The molecule has 1 N–H and O–H groups in total. The molecule has 0 aromatic rings. The molecule has 0 radical (unpaired) electrons. The molecule has 0 aromatic heterocycles. The van der Waals surface area contributed by atoms with Crippen molar-refractivity contribution in [1.82, 2.24) is 15.1 Å². The Hall–Kier alpha value is -0.610. The molecule has 1 saturated carbocycles. The maximum absolute atomic E-state index is 13.0. The first-order chi connectivity index (χ1) is 13.2. The number of likely N-dealkylation sites (tertiary alicyclic amines) is 2. The van der Waals surface area contributed by atoms with Crippen LogP contribution in [0.2, 0.25) is 0 Å². The Morgan fingerprint density at radius 1 is 0.857 bits per heavy atom. The lowest BCUT2D eigenvalue weighted by molar-refractivity contribution is -0.139. The van der Waals surface area contributed by atoms with Crippen molar-refractivity contribution in [3.05, 3.63) is 0 Å². The van der Waals surface area contributed by atoms with Crippen LogP contribution >= 0.6 is 0 Å². The van der Waals surface area contributed by atoms with Gasteiger partial charge in [0.25, 0.3) is 0 Å². The molecular weight excluding hydrogens is 346 g/mol. The first kappa shape index (κ1) is 22.1. The third-order valence-corrected chi connectivity index (χ3v) is 7.69. The zero-order chi connectivity index (χ0) is 20.3. The minimum absolute atomic E-state index is 0.279. The SMILES string of the molecule is CC(C)NC1CCC(N2CCC(C(=O)N3CCC(C(C)(C)C)CC3)CC2)CC1. The molecule has 2 saturated heterocycles. The van der Waals surface area contributed by atoms with Crippen molar-refractivity contribution < 1.29 is 4.79 Å². The second-order valence-electron chi connectivity index (χ2n) is 11.1. The van der Waals surface area contributed by atoms with E-state index in [0.29, 0.717) is 23.4 Å². The fraction of sp³-hybridized carbons (Fsp3) is 0.958. The standard InChI is InChI=1S/C24H45N3O/c1-18(2)25-21-6-8-22(9-7-21)26-14-10-19(11-15-26)23(28)27-16-12-20(13-17-27)24(3,4)5/h18-22,25H,6-17H2,1-5H3. The van der Waals surface area contributed by atoms with E-state index in [-0.39, 0.29) is 5.92 Å². The summed E-state index contributed by atoms with van der Waals surface area (Å²) < 4.78 is 0. The molecule has 2 aliphatic heterocycles. The Kier molecular flexibility index (Phi) is 7.47. The van der Waals surface area contributed by atoms with Gasteiger partial charge in [0.05, 0.1) is 0 Å². The quantitative estimate of drug-likeness (QED) is 0.776. The lowest BCUT2D eigenvalue weighted by Gasteiger charge is -2.43. The maximum atomic E-state index is 13.0. The summed E-state index contributed by atoms with van der Waals surface area (Å²) >= 11 is 0. The van der Waals surface area contributed by atoms with Gasteiger partial charge in [-0.25, -0.2) is 0 Å². The van der Waals surface area contributed by atoms with Crippen LogP contribution in [0.5, 0.6) is 0 Å². The van der Waals surface area contributed by atoms with Crippen LogP contribution in [0.1, 0.15) is 86.0 Å². The van der Waals surface area contributed by atoms with Crippen LogP contribution in [0, 0.1) is 17.3 Å². The number of piperidine rings is 2. The summed E-state index contributed by atoms with van der Waals surface area (Å²) in [6.45, 7) is 15.7. The highest BCUT2D eigenvalue weighted by Crippen LogP contribution is 2.35. The summed E-state index contributed by atoms with van der Waals surface area (Å²) in [6, 6.07) is 2.06. The van der Waals surface area contributed by atoms with Crippen LogP contribution in [0.3, 0.4) is 0 Å². The Morgan fingerprint density at radius 3 is 1.93 bits per heavy atom. The number of hydrogen-bond acceptors (Lipinski definition) is 3. The topological polar surface area (TPSA) is 35.6 Å². The van der Waals surface area contributed by atoms with Gasteiger partial charge in [0, 0.05) is 37.1 Å². The second kappa shape index (κ2) is 9.47. The molecule has 4 heteroatoms. The molecule has 3 rings (SSSR count). The largest absolute Gasteiger partial charge is 0.342 e. The van der Waals surface area contributed by atoms with Gasteiger partial charge in [-0.1, -0.05) is 34.6 Å². The predicted octanol–water partition coefficient (Wildman–Crippen LogP) is 4.29. The van der Waals surface area contributed by atoms with E-state index in [9.17, 15) is 4.79 Å². The molecule has 0 spiro atoms. The van der Waals surface area contributed by atoms with Gasteiger partial charge in [0.2, 0.25) is 5.91 Å². The van der Waals surface area contributed by atoms with Crippen LogP contribution in [-0.4, -0.2) is 60.0 Å². The zero-order valence-corrected chi connectivity index (χ0v) is 19.2. The van der Waals surface area contributed by atoms with E-state index in [1.54, 1.807) is 0 Å². The third kappa shape index (κ3) is 5.72. The first-order valence-corrected chi connectivity index (χ1v) is 12.0. The Bertz CT molecular complexity index is 488. The summed E-state index contributed by atoms with van der Waals surface area (Å²) in [4.78, 5) is 17.9. The van der Waals surface area contributed by atoms with E-state index in [1.165, 1.54) is 38.5 Å². The number of carbonyl (C=O) groups excluding carboxylic acids is 1. The molecule has 2 heterocycles. The molecule has 1 aliphatic carbocycles. The van der Waals surface area contributed by atoms with Crippen LogP contribution in [0.4, 0.5) is 0 Å². The molecule has 0 unspecified atom stereocenters. The Labute approximate surface area is 173 Å². The molecule has 0 aromatic carbocycles. The third-order valence-electron chi connectivity index (χ3n) is 7.69. The fourth-order valence-electron chi connectivity index (χ4n) is 5.81. The van der Waals surface area contributed by atoms with Crippen molar-refractivity contribution >= 4 is 5.91 Å². The number of hydrogen-bond donors (Lipinski definition) is 1. The summed E-state index contributed by atoms with van der Waals surface area (Å²) in [7, 11) is 0. The second-order valence-corrected chi connectivity index (χ2v) is 11.1. The average molecular weight is 392 g/mol. The summed E-state index contributed by atoms with van der Waals surface area (Å²) in [6.07, 6.45) is 9.77. The van der Waals surface area contributed by atoms with Gasteiger partial charge >= 0.3 is 0 Å². The molecule has 3 fully saturated rings. The zero-order valence-electron chi connectivity index (χ0n) is 19.2. The highest BCUT2D eigenvalue weighted by atomic mass is 16.2. The van der Waals surface area contributed by atoms with Gasteiger partial charge in [-0.3, -0.25) is 4.79 Å². The molecule has 28 heavy (non-hydrogen) atoms. The van der Waals surface area contributed by atoms with E-state index in [2.05, 4.69) is 49.7 Å². The summed E-state index contributed by atoms with van der Waals surface area (Å²) in [5.74, 6) is 1.50. The molecular formula is C24H45N3O. The van der Waals surface area contributed by atoms with Crippen molar-refractivity contribution in [1.29, 1.82) is 0 Å². The van der Waals surface area contributed by atoms with E-state index in [4.69, 9.17) is 0 Å². The smallest absolute Gasteiger partial charge is 0.225 e. The average Bonchev–Trinajstić information content (AvgIpc) is 2.67. The van der Waals surface area contributed by atoms with Gasteiger partial charge in [-0.2, -0.15) is 0 Å². The number of amides is 1. The monoisotopic (exact) mass is 391 g/mol. The lowest BCUT2D eigenvalue weighted by Crippen LogP contribution is -2.49. The molecule has 1 amide bonds. The summed E-state index contributed by atoms with van der Waals surface area (Å²) in [5.41, 5.74) is 0.379. The lowest BCUT2D eigenvalue weighted by atomic mass is 9.75. The van der Waals surface area contributed by atoms with E-state index < -0.39 is 0 Å². The highest BCUT2D eigenvalue weighted by Gasteiger charge is 2.35. The minimum atomic E-state index is 0.279. The summed E-state index contributed by atoms with van der Waals surface area (Å²) in [5, 5.41) is 3.71. The Balaban J connectivity index is 1.39. The Morgan fingerprint density at radius 2 is 1.43 bits per heavy atom. The van der Waals surface area contributed by atoms with Crippen molar-refractivity contribution in [2.45, 2.75) is 104 Å². The van der Waals surface area contributed by atoms with Gasteiger partial charge in [-0.05, 0) is 75.8 Å². The van der Waals surface area contributed by atoms with Crippen LogP contribution in [0.15, 0.2) is 0 Å². The minimum Gasteiger partial charge on any atom is -0.342 e. The number of rotatable bonds is 4. The number of nitrogens with zero attached hydrogens (tertiary/aromatic N) is 2. The van der Waals surface area contributed by atoms with Crippen molar-refractivity contribution in [2.75, 3.05) is 26.2 Å². The van der Waals surface area contributed by atoms with Gasteiger partial charge in [0.1, 0.15) is 0 Å². The molecule has 162 valence electrons. The van der Waals surface area contributed by atoms with E-state index in [0.717, 1.165) is 51.0 Å². The highest BCUT2D eigenvalue weighted by molar-refractivity contribution is 5.79.